The zero-order valence-corrected chi connectivity index (χ0v) is 17.9. The molecule has 0 heterocycles. The van der Waals surface area contributed by atoms with E-state index in [1.807, 2.05) is 12.1 Å². The zero-order chi connectivity index (χ0) is 20.7. The van der Waals surface area contributed by atoms with Crippen LogP contribution in [0.15, 0.2) is 36.9 Å². The summed E-state index contributed by atoms with van der Waals surface area (Å²) >= 11 is 0. The molecule has 1 aromatic carbocycles. The summed E-state index contributed by atoms with van der Waals surface area (Å²) in [4.78, 5) is 22.8. The molecule has 0 spiro atoms. The molecule has 0 aliphatic rings. The van der Waals surface area contributed by atoms with E-state index in [0.717, 1.165) is 18.1 Å². The maximum Gasteiger partial charge on any atom is 0.331 e. The largest absolute Gasteiger partial charge is 0.448 e. The Labute approximate surface area is 171 Å². The number of ether oxygens (including phenoxy) is 1. The average Bonchev–Trinajstić information content (AvgIpc) is 2.70. The molecule has 0 aliphatic carbocycles. The molecule has 0 amide bonds. The van der Waals surface area contributed by atoms with Crippen LogP contribution in [0.2, 0.25) is 0 Å². The number of aryl methyl sites for hydroxylation is 1. The van der Waals surface area contributed by atoms with Crippen LogP contribution in [-0.2, 0) is 27.2 Å². The Bertz CT molecular complexity index is 576. The van der Waals surface area contributed by atoms with Crippen LogP contribution in [0.25, 0.3) is 0 Å². The van der Waals surface area contributed by atoms with Crippen molar-refractivity contribution in [2.24, 2.45) is 0 Å². The Morgan fingerprint density at radius 1 is 0.929 bits per heavy atom. The molecule has 28 heavy (non-hydrogen) atoms. The third-order valence-corrected chi connectivity index (χ3v) is 5.15. The van der Waals surface area contributed by atoms with Crippen LogP contribution in [-0.4, -0.2) is 17.9 Å². The molecule has 0 saturated heterocycles. The van der Waals surface area contributed by atoms with Crippen molar-refractivity contribution in [3.05, 3.63) is 48.0 Å². The molecular formula is C25H38O3. The summed E-state index contributed by atoms with van der Waals surface area (Å²) in [6.45, 7) is 7.26. The molecule has 1 atom stereocenters. The fraction of sp³-hybridized carbons (Fsp3) is 0.600. The minimum absolute atomic E-state index is 0.370. The molecule has 0 saturated carbocycles. The van der Waals surface area contributed by atoms with E-state index >= 15 is 0 Å². The fourth-order valence-corrected chi connectivity index (χ4v) is 3.42. The van der Waals surface area contributed by atoms with Crippen molar-refractivity contribution in [2.75, 3.05) is 0 Å². The molecule has 1 unspecified atom stereocenters. The van der Waals surface area contributed by atoms with Crippen molar-refractivity contribution in [1.82, 2.24) is 0 Å². The third kappa shape index (κ3) is 10.4. The van der Waals surface area contributed by atoms with E-state index in [0.29, 0.717) is 12.7 Å². The lowest BCUT2D eigenvalue weighted by molar-refractivity contribution is -0.155. The number of aldehydes is 1. The van der Waals surface area contributed by atoms with Crippen LogP contribution in [0.4, 0.5) is 0 Å². The standard InChI is InChI=1S/C25H38O3/c1-4-6-7-8-9-10-11-12-13-14-15-22-16-18-23(19-17-22)20-25(3,21-26)28-24(27)5-2/h5,16-19,21H,2,4,6-15,20H2,1,3H3. The predicted octanol–water partition coefficient (Wildman–Crippen LogP) is 6.38. The Kier molecular flexibility index (Phi) is 12.2. The maximum atomic E-state index is 11.4. The molecule has 1 aromatic rings. The summed E-state index contributed by atoms with van der Waals surface area (Å²) in [6.07, 6.45) is 16.7. The van der Waals surface area contributed by atoms with Gasteiger partial charge in [0.2, 0.25) is 0 Å². The van der Waals surface area contributed by atoms with E-state index < -0.39 is 11.6 Å². The monoisotopic (exact) mass is 386 g/mol. The van der Waals surface area contributed by atoms with Gasteiger partial charge in [-0.1, -0.05) is 95.6 Å². The number of hydrogen-bond donors (Lipinski definition) is 0. The van der Waals surface area contributed by atoms with Gasteiger partial charge in [-0.2, -0.15) is 0 Å². The van der Waals surface area contributed by atoms with E-state index in [9.17, 15) is 9.59 Å². The van der Waals surface area contributed by atoms with Gasteiger partial charge in [0.1, 0.15) is 0 Å². The highest BCUT2D eigenvalue weighted by atomic mass is 16.6. The topological polar surface area (TPSA) is 43.4 Å². The molecule has 0 aromatic heterocycles. The van der Waals surface area contributed by atoms with Crippen LogP contribution >= 0.6 is 0 Å². The van der Waals surface area contributed by atoms with Gasteiger partial charge in [-0.05, 0) is 30.9 Å². The Morgan fingerprint density at radius 2 is 1.43 bits per heavy atom. The number of carbonyl (C=O) groups excluding carboxylic acids is 2. The summed E-state index contributed by atoms with van der Waals surface area (Å²) in [5.41, 5.74) is 1.15. The Morgan fingerprint density at radius 3 is 1.93 bits per heavy atom. The summed E-state index contributed by atoms with van der Waals surface area (Å²) in [7, 11) is 0. The second-order valence-electron chi connectivity index (χ2n) is 7.98. The lowest BCUT2D eigenvalue weighted by Crippen LogP contribution is -2.35. The average molecular weight is 387 g/mol. The van der Waals surface area contributed by atoms with E-state index in [1.165, 1.54) is 69.8 Å². The predicted molar refractivity (Wildman–Crippen MR) is 116 cm³/mol. The highest BCUT2D eigenvalue weighted by Crippen LogP contribution is 2.18. The number of unbranched alkanes of at least 4 members (excludes halogenated alkanes) is 9. The van der Waals surface area contributed by atoms with Gasteiger partial charge >= 0.3 is 5.97 Å². The maximum absolute atomic E-state index is 11.4. The Hall–Kier alpha value is -1.90. The third-order valence-electron chi connectivity index (χ3n) is 5.15. The minimum atomic E-state index is -1.15. The molecule has 3 nitrogen and oxygen atoms in total. The molecule has 0 bridgehead atoms. The molecule has 0 aliphatic heterocycles. The summed E-state index contributed by atoms with van der Waals surface area (Å²) in [6, 6.07) is 8.28. The van der Waals surface area contributed by atoms with Gasteiger partial charge in [-0.3, -0.25) is 4.79 Å². The van der Waals surface area contributed by atoms with Gasteiger partial charge in [0.25, 0.3) is 0 Å². The molecule has 0 radical (unpaired) electrons. The van der Waals surface area contributed by atoms with Gasteiger partial charge in [0, 0.05) is 12.5 Å². The minimum Gasteiger partial charge on any atom is -0.448 e. The number of benzene rings is 1. The zero-order valence-electron chi connectivity index (χ0n) is 17.9. The molecule has 1 rings (SSSR count). The second-order valence-corrected chi connectivity index (χ2v) is 7.98. The van der Waals surface area contributed by atoms with Crippen molar-refractivity contribution in [2.45, 2.75) is 96.5 Å². The van der Waals surface area contributed by atoms with Gasteiger partial charge in [-0.15, -0.1) is 0 Å². The molecule has 0 fully saturated rings. The molecular weight excluding hydrogens is 348 g/mol. The van der Waals surface area contributed by atoms with Crippen LogP contribution in [0.5, 0.6) is 0 Å². The SMILES string of the molecule is C=CC(=O)OC(C)(C=O)Cc1ccc(CCCCCCCCCCCC)cc1. The Balaban J connectivity index is 2.25. The first-order valence-corrected chi connectivity index (χ1v) is 10.9. The molecule has 156 valence electrons. The van der Waals surface area contributed by atoms with E-state index in [1.54, 1.807) is 6.92 Å². The highest BCUT2D eigenvalue weighted by molar-refractivity contribution is 5.83. The smallest absolute Gasteiger partial charge is 0.331 e. The van der Waals surface area contributed by atoms with Gasteiger partial charge in [0.05, 0.1) is 0 Å². The number of carbonyl (C=O) groups is 2. The lowest BCUT2D eigenvalue weighted by Gasteiger charge is -2.23. The lowest BCUT2D eigenvalue weighted by atomic mass is 9.96. The van der Waals surface area contributed by atoms with Gasteiger partial charge in [-0.25, -0.2) is 4.79 Å². The van der Waals surface area contributed by atoms with Crippen molar-refractivity contribution in [3.63, 3.8) is 0 Å². The van der Waals surface area contributed by atoms with Crippen molar-refractivity contribution < 1.29 is 14.3 Å². The first-order chi connectivity index (χ1) is 13.5. The summed E-state index contributed by atoms with van der Waals surface area (Å²) in [5.74, 6) is -0.577. The van der Waals surface area contributed by atoms with E-state index in [-0.39, 0.29) is 0 Å². The second kappa shape index (κ2) is 14.1. The van der Waals surface area contributed by atoms with Crippen LogP contribution in [0.3, 0.4) is 0 Å². The molecule has 0 N–H and O–H groups in total. The van der Waals surface area contributed by atoms with Crippen LogP contribution < -0.4 is 0 Å². The summed E-state index contributed by atoms with van der Waals surface area (Å²) in [5, 5.41) is 0. The van der Waals surface area contributed by atoms with Crippen molar-refractivity contribution >= 4 is 12.3 Å². The van der Waals surface area contributed by atoms with Crippen molar-refractivity contribution in [3.8, 4) is 0 Å². The van der Waals surface area contributed by atoms with E-state index in [2.05, 4.69) is 25.6 Å². The first-order valence-electron chi connectivity index (χ1n) is 10.9. The molecule has 3 heteroatoms. The normalized spacial score (nSPS) is 12.9. The summed E-state index contributed by atoms with van der Waals surface area (Å²) < 4.78 is 5.18. The highest BCUT2D eigenvalue weighted by Gasteiger charge is 2.27. The number of rotatable bonds is 16. The van der Waals surface area contributed by atoms with Gasteiger partial charge in [0.15, 0.2) is 11.9 Å². The van der Waals surface area contributed by atoms with Crippen LogP contribution in [0, 0.1) is 0 Å². The van der Waals surface area contributed by atoms with E-state index in [4.69, 9.17) is 4.74 Å². The van der Waals surface area contributed by atoms with Gasteiger partial charge < -0.3 is 4.74 Å². The quantitative estimate of drug-likeness (QED) is 0.143. The van der Waals surface area contributed by atoms with Crippen LogP contribution in [0.1, 0.15) is 89.2 Å². The fourth-order valence-electron chi connectivity index (χ4n) is 3.42. The van der Waals surface area contributed by atoms with Crippen molar-refractivity contribution in [1.29, 1.82) is 0 Å². The number of esters is 1. The first kappa shape index (κ1) is 24.1. The number of hydrogen-bond acceptors (Lipinski definition) is 3.